The molecule has 1 atom stereocenters. The van der Waals surface area contributed by atoms with E-state index < -0.39 is 0 Å². The summed E-state index contributed by atoms with van der Waals surface area (Å²) in [5.74, 6) is -0.234. The zero-order chi connectivity index (χ0) is 12.8. The quantitative estimate of drug-likeness (QED) is 0.704. The summed E-state index contributed by atoms with van der Waals surface area (Å²) in [4.78, 5) is 11.7. The van der Waals surface area contributed by atoms with Crippen molar-refractivity contribution in [2.75, 3.05) is 12.3 Å². The Kier molecular flexibility index (Phi) is 5.25. The van der Waals surface area contributed by atoms with E-state index in [1.54, 1.807) is 18.2 Å². The normalized spacial score (nSPS) is 12.2. The lowest BCUT2D eigenvalue weighted by Crippen LogP contribution is -2.27. The fourth-order valence-corrected chi connectivity index (χ4v) is 1.65. The Morgan fingerprint density at radius 1 is 1.53 bits per heavy atom. The third-order valence-electron chi connectivity index (χ3n) is 2.42. The fraction of sp³-hybridized carbons (Fsp3) is 0.417. The van der Waals surface area contributed by atoms with Gasteiger partial charge < -0.3 is 16.2 Å². The minimum atomic E-state index is -0.375. The molecule has 0 fully saturated rings. The van der Waals surface area contributed by atoms with Crippen LogP contribution in [0.4, 0.5) is 5.69 Å². The van der Waals surface area contributed by atoms with E-state index in [9.17, 15) is 9.90 Å². The van der Waals surface area contributed by atoms with Gasteiger partial charge in [-0.1, -0.05) is 18.5 Å². The van der Waals surface area contributed by atoms with Crippen molar-refractivity contribution in [3.8, 4) is 0 Å². The summed E-state index contributed by atoms with van der Waals surface area (Å²) in [6, 6.07) is 4.71. The first-order valence-corrected chi connectivity index (χ1v) is 5.93. The highest BCUT2D eigenvalue weighted by molar-refractivity contribution is 6.31. The summed E-state index contributed by atoms with van der Waals surface area (Å²) in [6.45, 7) is 2.32. The maximum Gasteiger partial charge on any atom is 0.251 e. The van der Waals surface area contributed by atoms with E-state index in [0.29, 0.717) is 35.7 Å². The smallest absolute Gasteiger partial charge is 0.251 e. The molecule has 17 heavy (non-hydrogen) atoms. The van der Waals surface area contributed by atoms with Gasteiger partial charge in [-0.2, -0.15) is 0 Å². The van der Waals surface area contributed by atoms with Crippen molar-refractivity contribution in [1.82, 2.24) is 5.32 Å². The molecular formula is C12H17ClN2O2. The minimum Gasteiger partial charge on any atom is -0.399 e. The molecule has 0 aliphatic heterocycles. The molecule has 94 valence electrons. The lowest BCUT2D eigenvalue weighted by molar-refractivity contribution is 0.0942. The van der Waals surface area contributed by atoms with E-state index >= 15 is 0 Å². The largest absolute Gasteiger partial charge is 0.399 e. The highest BCUT2D eigenvalue weighted by atomic mass is 35.5. The summed E-state index contributed by atoms with van der Waals surface area (Å²) in [5, 5.41) is 12.5. The molecule has 0 radical (unpaired) electrons. The number of nitrogens with one attached hydrogen (secondary N) is 1. The predicted octanol–water partition coefficient (Wildman–Crippen LogP) is 1.81. The zero-order valence-corrected chi connectivity index (χ0v) is 10.5. The highest BCUT2D eigenvalue weighted by Gasteiger charge is 2.08. The van der Waals surface area contributed by atoms with E-state index in [0.717, 1.165) is 0 Å². The number of carbonyl (C=O) groups is 1. The van der Waals surface area contributed by atoms with Crippen LogP contribution in [0.15, 0.2) is 18.2 Å². The standard InChI is InChI=1S/C12H17ClN2O2/c1-2-11(16)3-4-15-12(17)8-5-9(13)7-10(14)6-8/h5-7,11,16H,2-4,14H2,1H3,(H,15,17). The number of carbonyl (C=O) groups excluding carboxylic acids is 1. The number of amides is 1. The van der Waals surface area contributed by atoms with Gasteiger partial charge in [-0.25, -0.2) is 0 Å². The van der Waals surface area contributed by atoms with Crippen molar-refractivity contribution in [2.24, 2.45) is 0 Å². The molecule has 0 aliphatic carbocycles. The number of aliphatic hydroxyl groups excluding tert-OH is 1. The van der Waals surface area contributed by atoms with Crippen LogP contribution in [0, 0.1) is 0 Å². The number of nitrogens with two attached hydrogens (primary N) is 1. The van der Waals surface area contributed by atoms with Crippen LogP contribution in [0.1, 0.15) is 30.1 Å². The summed E-state index contributed by atoms with van der Waals surface area (Å²) in [7, 11) is 0. The molecule has 0 heterocycles. The van der Waals surface area contributed by atoms with Gasteiger partial charge in [0.15, 0.2) is 0 Å². The predicted molar refractivity (Wildman–Crippen MR) is 69.1 cm³/mol. The topological polar surface area (TPSA) is 75.3 Å². The number of hydrogen-bond donors (Lipinski definition) is 3. The van der Waals surface area contributed by atoms with Crippen LogP contribution >= 0.6 is 11.6 Å². The third kappa shape index (κ3) is 4.63. The Morgan fingerprint density at radius 3 is 2.82 bits per heavy atom. The Labute approximate surface area is 106 Å². The van der Waals surface area contributed by atoms with Crippen LogP contribution in [-0.4, -0.2) is 23.7 Å². The SMILES string of the molecule is CCC(O)CCNC(=O)c1cc(N)cc(Cl)c1. The van der Waals surface area contributed by atoms with Gasteiger partial charge in [0.25, 0.3) is 5.91 Å². The Hall–Kier alpha value is -1.26. The van der Waals surface area contributed by atoms with Crippen LogP contribution < -0.4 is 11.1 Å². The first-order chi connectivity index (χ1) is 8.02. The van der Waals surface area contributed by atoms with Gasteiger partial charge in [-0.05, 0) is 31.0 Å². The molecular weight excluding hydrogens is 240 g/mol. The van der Waals surface area contributed by atoms with Gasteiger partial charge >= 0.3 is 0 Å². The molecule has 0 aliphatic rings. The average molecular weight is 257 g/mol. The Balaban J connectivity index is 2.52. The molecule has 5 heteroatoms. The Bertz CT molecular complexity index is 376. The summed E-state index contributed by atoms with van der Waals surface area (Å²) in [5.41, 5.74) is 6.48. The summed E-state index contributed by atoms with van der Waals surface area (Å²) in [6.07, 6.45) is 0.845. The van der Waals surface area contributed by atoms with Crippen LogP contribution in [0.25, 0.3) is 0 Å². The number of aliphatic hydroxyl groups is 1. The van der Waals surface area contributed by atoms with Crippen molar-refractivity contribution < 1.29 is 9.90 Å². The van der Waals surface area contributed by atoms with E-state index in [1.807, 2.05) is 6.92 Å². The molecule has 1 aromatic carbocycles. The second-order valence-electron chi connectivity index (χ2n) is 3.88. The Morgan fingerprint density at radius 2 is 2.24 bits per heavy atom. The second kappa shape index (κ2) is 6.47. The molecule has 4 nitrogen and oxygen atoms in total. The molecule has 1 rings (SSSR count). The fourth-order valence-electron chi connectivity index (χ4n) is 1.40. The lowest BCUT2D eigenvalue weighted by Gasteiger charge is -2.09. The molecule has 0 aromatic heterocycles. The van der Waals surface area contributed by atoms with Crippen LogP contribution in [0.2, 0.25) is 5.02 Å². The zero-order valence-electron chi connectivity index (χ0n) is 9.74. The maximum atomic E-state index is 11.7. The number of anilines is 1. The molecule has 1 amide bonds. The van der Waals surface area contributed by atoms with Gasteiger partial charge in [0.05, 0.1) is 6.10 Å². The molecule has 1 aromatic rings. The number of hydrogen-bond acceptors (Lipinski definition) is 3. The van der Waals surface area contributed by atoms with Crippen LogP contribution in [0.3, 0.4) is 0 Å². The molecule has 0 spiro atoms. The van der Waals surface area contributed by atoms with Gasteiger partial charge in [-0.15, -0.1) is 0 Å². The van der Waals surface area contributed by atoms with Gasteiger partial charge in [0, 0.05) is 22.8 Å². The van der Waals surface area contributed by atoms with Crippen molar-refractivity contribution in [3.63, 3.8) is 0 Å². The lowest BCUT2D eigenvalue weighted by atomic mass is 10.1. The van der Waals surface area contributed by atoms with Crippen molar-refractivity contribution >= 4 is 23.2 Å². The van der Waals surface area contributed by atoms with Crippen molar-refractivity contribution in [1.29, 1.82) is 0 Å². The maximum absolute atomic E-state index is 11.7. The molecule has 0 saturated carbocycles. The van der Waals surface area contributed by atoms with E-state index in [2.05, 4.69) is 5.32 Å². The monoisotopic (exact) mass is 256 g/mol. The molecule has 4 N–H and O–H groups in total. The first kappa shape index (κ1) is 13.8. The van der Waals surface area contributed by atoms with Crippen LogP contribution in [-0.2, 0) is 0 Å². The van der Waals surface area contributed by atoms with Crippen molar-refractivity contribution in [2.45, 2.75) is 25.9 Å². The van der Waals surface area contributed by atoms with E-state index in [-0.39, 0.29) is 12.0 Å². The van der Waals surface area contributed by atoms with Gasteiger partial charge in [0.1, 0.15) is 0 Å². The average Bonchev–Trinajstić information content (AvgIpc) is 2.27. The highest BCUT2D eigenvalue weighted by Crippen LogP contribution is 2.16. The second-order valence-corrected chi connectivity index (χ2v) is 4.32. The van der Waals surface area contributed by atoms with E-state index in [4.69, 9.17) is 17.3 Å². The van der Waals surface area contributed by atoms with Gasteiger partial charge in [0.2, 0.25) is 0 Å². The minimum absolute atomic E-state index is 0.234. The number of nitrogen functional groups attached to an aromatic ring is 1. The molecule has 1 unspecified atom stereocenters. The van der Waals surface area contributed by atoms with Crippen molar-refractivity contribution in [3.05, 3.63) is 28.8 Å². The number of benzene rings is 1. The number of rotatable bonds is 5. The summed E-state index contributed by atoms with van der Waals surface area (Å²) < 4.78 is 0. The summed E-state index contributed by atoms with van der Waals surface area (Å²) >= 11 is 5.80. The van der Waals surface area contributed by atoms with Crippen LogP contribution in [0.5, 0.6) is 0 Å². The third-order valence-corrected chi connectivity index (χ3v) is 2.63. The van der Waals surface area contributed by atoms with E-state index in [1.165, 1.54) is 0 Å². The van der Waals surface area contributed by atoms with Gasteiger partial charge in [-0.3, -0.25) is 4.79 Å². The number of halogens is 1. The molecule has 0 saturated heterocycles. The molecule has 0 bridgehead atoms. The first-order valence-electron chi connectivity index (χ1n) is 5.55.